The zero-order chi connectivity index (χ0) is 13.5. The lowest BCUT2D eigenvalue weighted by Crippen LogP contribution is -2.08. The van der Waals surface area contributed by atoms with Crippen LogP contribution in [0.3, 0.4) is 0 Å². The normalized spacial score (nSPS) is 10.4. The number of ether oxygens (including phenoxy) is 1. The number of hydrogen-bond donors (Lipinski definition) is 1. The van der Waals surface area contributed by atoms with Crippen LogP contribution in [-0.2, 0) is 12.8 Å². The van der Waals surface area contributed by atoms with Crippen LogP contribution in [0.25, 0.3) is 0 Å². The Morgan fingerprint density at radius 2 is 2.05 bits per heavy atom. The maximum absolute atomic E-state index is 5.85. The number of aromatic nitrogens is 1. The molecule has 100 valence electrons. The van der Waals surface area contributed by atoms with Crippen LogP contribution >= 0.6 is 0 Å². The monoisotopic (exact) mass is 256 g/mol. The van der Waals surface area contributed by atoms with Crippen LogP contribution < -0.4 is 10.5 Å². The van der Waals surface area contributed by atoms with E-state index in [2.05, 4.69) is 24.0 Å². The molecule has 0 unspecified atom stereocenters. The lowest BCUT2D eigenvalue weighted by Gasteiger charge is -2.11. The van der Waals surface area contributed by atoms with Crippen LogP contribution in [0.4, 0.5) is 0 Å². The Balaban J connectivity index is 1.95. The molecule has 0 aliphatic heterocycles. The molecular weight excluding hydrogens is 236 g/mol. The second kappa shape index (κ2) is 6.90. The van der Waals surface area contributed by atoms with E-state index in [4.69, 9.17) is 10.5 Å². The van der Waals surface area contributed by atoms with Crippen molar-refractivity contribution in [2.24, 2.45) is 5.73 Å². The predicted molar refractivity (Wildman–Crippen MR) is 77.4 cm³/mol. The van der Waals surface area contributed by atoms with Crippen LogP contribution in [0.2, 0.25) is 0 Å². The third kappa shape index (κ3) is 4.07. The molecule has 0 aliphatic carbocycles. The summed E-state index contributed by atoms with van der Waals surface area (Å²) in [5.41, 5.74) is 9.10. The third-order valence-electron chi connectivity index (χ3n) is 2.97. The first-order chi connectivity index (χ1) is 9.29. The Hall–Kier alpha value is -1.87. The molecule has 0 radical (unpaired) electrons. The minimum absolute atomic E-state index is 0.637. The molecule has 0 bridgehead atoms. The first kappa shape index (κ1) is 13.6. The highest BCUT2D eigenvalue weighted by Gasteiger charge is 2.04. The van der Waals surface area contributed by atoms with Crippen molar-refractivity contribution < 1.29 is 4.74 Å². The van der Waals surface area contributed by atoms with Crippen molar-refractivity contribution in [3.8, 4) is 5.75 Å². The molecule has 3 nitrogen and oxygen atoms in total. The fourth-order valence-electron chi connectivity index (χ4n) is 2.01. The topological polar surface area (TPSA) is 48.1 Å². The molecule has 0 spiro atoms. The average molecular weight is 256 g/mol. The fourth-order valence-corrected chi connectivity index (χ4v) is 2.01. The molecular formula is C16H20N2O. The van der Waals surface area contributed by atoms with Gasteiger partial charge in [0.2, 0.25) is 0 Å². The number of nitrogens with zero attached hydrogens (tertiary/aromatic N) is 1. The van der Waals surface area contributed by atoms with E-state index in [0.717, 1.165) is 24.3 Å². The molecule has 2 N–H and O–H groups in total. The van der Waals surface area contributed by atoms with Gasteiger partial charge in [-0.1, -0.05) is 23.8 Å². The molecule has 0 saturated carbocycles. The molecule has 0 fully saturated rings. The Morgan fingerprint density at radius 1 is 1.16 bits per heavy atom. The van der Waals surface area contributed by atoms with Crippen LogP contribution in [0, 0.1) is 6.92 Å². The first-order valence-electron chi connectivity index (χ1n) is 6.62. The molecule has 0 saturated heterocycles. The summed E-state index contributed by atoms with van der Waals surface area (Å²) in [4.78, 5) is 4.28. The van der Waals surface area contributed by atoms with E-state index < -0.39 is 0 Å². The quantitative estimate of drug-likeness (QED) is 0.864. The molecule has 2 rings (SSSR count). The van der Waals surface area contributed by atoms with Gasteiger partial charge in [-0.2, -0.15) is 0 Å². The zero-order valence-corrected chi connectivity index (χ0v) is 11.3. The summed E-state index contributed by atoms with van der Waals surface area (Å²) in [7, 11) is 0. The Labute approximate surface area is 114 Å². The van der Waals surface area contributed by atoms with Crippen molar-refractivity contribution in [2.45, 2.75) is 19.8 Å². The van der Waals surface area contributed by atoms with Crippen LogP contribution in [0.15, 0.2) is 42.6 Å². The van der Waals surface area contributed by atoms with E-state index in [1.165, 1.54) is 11.1 Å². The van der Waals surface area contributed by atoms with Gasteiger partial charge in [-0.05, 0) is 43.7 Å². The lowest BCUT2D eigenvalue weighted by molar-refractivity contribution is 0.317. The van der Waals surface area contributed by atoms with E-state index in [1.54, 1.807) is 6.20 Å². The number of pyridine rings is 1. The van der Waals surface area contributed by atoms with E-state index in [9.17, 15) is 0 Å². The highest BCUT2D eigenvalue weighted by Crippen LogP contribution is 2.20. The van der Waals surface area contributed by atoms with Crippen LogP contribution in [0.5, 0.6) is 5.75 Å². The van der Waals surface area contributed by atoms with Crippen LogP contribution in [0.1, 0.15) is 16.8 Å². The molecule has 2 aromatic rings. The van der Waals surface area contributed by atoms with E-state index >= 15 is 0 Å². The van der Waals surface area contributed by atoms with Gasteiger partial charge in [0.15, 0.2) is 0 Å². The van der Waals surface area contributed by atoms with E-state index in [0.29, 0.717) is 13.2 Å². The van der Waals surface area contributed by atoms with Crippen molar-refractivity contribution in [3.05, 3.63) is 59.4 Å². The van der Waals surface area contributed by atoms with Gasteiger partial charge in [-0.15, -0.1) is 0 Å². The summed E-state index contributed by atoms with van der Waals surface area (Å²) >= 11 is 0. The maximum Gasteiger partial charge on any atom is 0.122 e. The molecule has 19 heavy (non-hydrogen) atoms. The van der Waals surface area contributed by atoms with Crippen molar-refractivity contribution >= 4 is 0 Å². The minimum atomic E-state index is 0.637. The van der Waals surface area contributed by atoms with Gasteiger partial charge >= 0.3 is 0 Å². The summed E-state index contributed by atoms with van der Waals surface area (Å²) in [6, 6.07) is 12.2. The predicted octanol–water partition coefficient (Wildman–Crippen LogP) is 2.51. The largest absolute Gasteiger partial charge is 0.493 e. The highest BCUT2D eigenvalue weighted by atomic mass is 16.5. The Morgan fingerprint density at radius 3 is 2.79 bits per heavy atom. The Kier molecular flexibility index (Phi) is 4.93. The van der Waals surface area contributed by atoms with Gasteiger partial charge in [0.1, 0.15) is 5.75 Å². The fraction of sp³-hybridized carbons (Fsp3) is 0.312. The van der Waals surface area contributed by atoms with E-state index in [1.807, 2.05) is 24.3 Å². The van der Waals surface area contributed by atoms with Gasteiger partial charge < -0.3 is 10.5 Å². The number of hydrogen-bond acceptors (Lipinski definition) is 3. The van der Waals surface area contributed by atoms with Gasteiger partial charge in [0.05, 0.1) is 6.61 Å². The standard InChI is InChI=1S/C16H20N2O/c1-13-5-6-16(14(12-13)7-9-17)19-11-8-15-4-2-3-10-18-15/h2-6,10,12H,7-9,11,17H2,1H3. The summed E-state index contributed by atoms with van der Waals surface area (Å²) < 4.78 is 5.85. The molecule has 0 atom stereocenters. The number of nitrogens with two attached hydrogens (primary N) is 1. The van der Waals surface area contributed by atoms with Gasteiger partial charge in [-0.25, -0.2) is 0 Å². The van der Waals surface area contributed by atoms with Crippen molar-refractivity contribution in [1.29, 1.82) is 0 Å². The second-order valence-electron chi connectivity index (χ2n) is 4.57. The number of aryl methyl sites for hydroxylation is 1. The smallest absolute Gasteiger partial charge is 0.122 e. The zero-order valence-electron chi connectivity index (χ0n) is 11.3. The van der Waals surface area contributed by atoms with Crippen molar-refractivity contribution in [3.63, 3.8) is 0 Å². The minimum Gasteiger partial charge on any atom is -0.493 e. The summed E-state index contributed by atoms with van der Waals surface area (Å²) in [5.74, 6) is 0.937. The second-order valence-corrected chi connectivity index (χ2v) is 4.57. The Bertz CT molecular complexity index is 511. The molecule has 1 aromatic carbocycles. The average Bonchev–Trinajstić information content (AvgIpc) is 2.43. The number of benzene rings is 1. The molecule has 1 heterocycles. The lowest BCUT2D eigenvalue weighted by atomic mass is 10.1. The highest BCUT2D eigenvalue weighted by molar-refractivity contribution is 5.37. The first-order valence-corrected chi connectivity index (χ1v) is 6.62. The maximum atomic E-state index is 5.85. The summed E-state index contributed by atoms with van der Waals surface area (Å²) in [5, 5.41) is 0. The molecule has 0 amide bonds. The third-order valence-corrected chi connectivity index (χ3v) is 2.97. The number of rotatable bonds is 6. The molecule has 3 heteroatoms. The summed E-state index contributed by atoms with van der Waals surface area (Å²) in [6.07, 6.45) is 3.47. The molecule has 1 aromatic heterocycles. The molecule has 0 aliphatic rings. The van der Waals surface area contributed by atoms with Gasteiger partial charge in [0.25, 0.3) is 0 Å². The van der Waals surface area contributed by atoms with Crippen molar-refractivity contribution in [1.82, 2.24) is 4.98 Å². The van der Waals surface area contributed by atoms with Crippen molar-refractivity contribution in [2.75, 3.05) is 13.2 Å². The van der Waals surface area contributed by atoms with Gasteiger partial charge in [0, 0.05) is 18.3 Å². The van der Waals surface area contributed by atoms with E-state index in [-0.39, 0.29) is 0 Å². The summed E-state index contributed by atoms with van der Waals surface area (Å²) in [6.45, 7) is 3.36. The van der Waals surface area contributed by atoms with Crippen LogP contribution in [-0.4, -0.2) is 18.1 Å². The SMILES string of the molecule is Cc1ccc(OCCc2ccccn2)c(CCN)c1. The van der Waals surface area contributed by atoms with Gasteiger partial charge in [-0.3, -0.25) is 4.98 Å².